The van der Waals surface area contributed by atoms with E-state index in [2.05, 4.69) is 24.5 Å². The zero-order chi connectivity index (χ0) is 12.3. The molecule has 2 N–H and O–H groups in total. The molecule has 98 valence electrons. The van der Waals surface area contributed by atoms with Gasteiger partial charge in [0.1, 0.15) is 0 Å². The van der Waals surface area contributed by atoms with Crippen molar-refractivity contribution >= 4 is 5.91 Å². The van der Waals surface area contributed by atoms with Crippen molar-refractivity contribution < 1.29 is 4.79 Å². The minimum absolute atomic E-state index is 0.169. The van der Waals surface area contributed by atoms with E-state index in [0.717, 1.165) is 13.1 Å². The molecular weight excluding hydrogens is 212 g/mol. The largest absolute Gasteiger partial charge is 0.353 e. The number of nitrogens with one attached hydrogen (secondary N) is 2. The van der Waals surface area contributed by atoms with Crippen molar-refractivity contribution in [2.75, 3.05) is 13.1 Å². The maximum atomic E-state index is 12.1. The van der Waals surface area contributed by atoms with Gasteiger partial charge in [-0.2, -0.15) is 0 Å². The molecule has 0 radical (unpaired) electrons. The van der Waals surface area contributed by atoms with Crippen LogP contribution in [0.25, 0.3) is 0 Å². The van der Waals surface area contributed by atoms with Gasteiger partial charge in [0.05, 0.1) is 0 Å². The molecule has 0 bridgehead atoms. The Morgan fingerprint density at radius 3 is 2.29 bits per heavy atom. The van der Waals surface area contributed by atoms with Crippen molar-refractivity contribution in [3.63, 3.8) is 0 Å². The first-order valence-electron chi connectivity index (χ1n) is 7.19. The van der Waals surface area contributed by atoms with E-state index in [1.165, 1.54) is 32.1 Å². The first-order valence-corrected chi connectivity index (χ1v) is 7.19. The smallest absolute Gasteiger partial charge is 0.223 e. The van der Waals surface area contributed by atoms with Gasteiger partial charge in [0, 0.05) is 12.0 Å². The van der Waals surface area contributed by atoms with Crippen LogP contribution in [0.15, 0.2) is 0 Å². The Bertz CT molecular complexity index is 257. The molecule has 0 aromatic rings. The normalized spacial score (nSPS) is 26.0. The van der Waals surface area contributed by atoms with Crippen LogP contribution in [0, 0.1) is 17.8 Å². The average Bonchev–Trinajstić information content (AvgIpc) is 2.27. The number of hydrogen-bond acceptors (Lipinski definition) is 2. The van der Waals surface area contributed by atoms with Crippen molar-refractivity contribution in [2.24, 2.45) is 17.8 Å². The highest BCUT2D eigenvalue weighted by atomic mass is 16.1. The van der Waals surface area contributed by atoms with E-state index in [4.69, 9.17) is 0 Å². The third kappa shape index (κ3) is 3.21. The van der Waals surface area contributed by atoms with E-state index < -0.39 is 0 Å². The van der Waals surface area contributed by atoms with Crippen LogP contribution in [0.5, 0.6) is 0 Å². The van der Waals surface area contributed by atoms with Gasteiger partial charge in [-0.05, 0) is 44.7 Å². The van der Waals surface area contributed by atoms with Gasteiger partial charge < -0.3 is 10.6 Å². The molecule has 1 saturated heterocycles. The molecule has 1 aliphatic carbocycles. The van der Waals surface area contributed by atoms with Crippen molar-refractivity contribution in [1.82, 2.24) is 10.6 Å². The van der Waals surface area contributed by atoms with Gasteiger partial charge in [-0.1, -0.05) is 26.2 Å². The first kappa shape index (κ1) is 12.9. The lowest BCUT2D eigenvalue weighted by Gasteiger charge is -2.34. The highest BCUT2D eigenvalue weighted by Gasteiger charge is 2.30. The lowest BCUT2D eigenvalue weighted by Crippen LogP contribution is -2.51. The van der Waals surface area contributed by atoms with Crippen molar-refractivity contribution in [3.8, 4) is 0 Å². The topological polar surface area (TPSA) is 41.1 Å². The van der Waals surface area contributed by atoms with E-state index in [9.17, 15) is 4.79 Å². The molecule has 1 amide bonds. The third-order valence-corrected chi connectivity index (χ3v) is 4.66. The zero-order valence-corrected chi connectivity index (χ0v) is 11.2. The van der Waals surface area contributed by atoms with Crippen LogP contribution in [0.2, 0.25) is 0 Å². The minimum atomic E-state index is 0.169. The van der Waals surface area contributed by atoms with Crippen LogP contribution in [-0.2, 0) is 4.79 Å². The van der Waals surface area contributed by atoms with E-state index >= 15 is 0 Å². The number of hydrogen-bond donors (Lipinski definition) is 2. The van der Waals surface area contributed by atoms with E-state index in [1.54, 1.807) is 0 Å². The molecule has 0 aromatic heterocycles. The molecule has 1 heterocycles. The molecule has 3 heteroatoms. The van der Waals surface area contributed by atoms with E-state index in [-0.39, 0.29) is 11.8 Å². The molecule has 3 nitrogen and oxygen atoms in total. The Balaban J connectivity index is 1.76. The molecule has 17 heavy (non-hydrogen) atoms. The summed E-state index contributed by atoms with van der Waals surface area (Å²) in [5.41, 5.74) is 0. The SMILES string of the molecule is CC(C(=O)N[C@@H](C)C1CCCCC1)C1CNC1. The number of carbonyl (C=O) groups excluding carboxylic acids is 1. The summed E-state index contributed by atoms with van der Waals surface area (Å²) in [6, 6.07) is 0.360. The summed E-state index contributed by atoms with van der Waals surface area (Å²) in [7, 11) is 0. The quantitative estimate of drug-likeness (QED) is 0.786. The van der Waals surface area contributed by atoms with Crippen molar-refractivity contribution in [1.29, 1.82) is 0 Å². The monoisotopic (exact) mass is 238 g/mol. The lowest BCUT2D eigenvalue weighted by molar-refractivity contribution is -0.127. The van der Waals surface area contributed by atoms with Crippen molar-refractivity contribution in [2.45, 2.75) is 52.0 Å². The second-order valence-electron chi connectivity index (χ2n) is 5.90. The molecule has 2 atom stereocenters. The Morgan fingerprint density at radius 2 is 1.76 bits per heavy atom. The fourth-order valence-electron chi connectivity index (χ4n) is 2.99. The first-order chi connectivity index (χ1) is 8.18. The molecule has 0 spiro atoms. The Hall–Kier alpha value is -0.570. The summed E-state index contributed by atoms with van der Waals surface area (Å²) in [5, 5.41) is 6.47. The van der Waals surface area contributed by atoms with Crippen LogP contribution in [0.4, 0.5) is 0 Å². The average molecular weight is 238 g/mol. The Morgan fingerprint density at radius 1 is 1.12 bits per heavy atom. The lowest BCUT2D eigenvalue weighted by atomic mass is 9.83. The number of rotatable bonds is 4. The van der Waals surface area contributed by atoms with Gasteiger partial charge in [0.2, 0.25) is 5.91 Å². The maximum absolute atomic E-state index is 12.1. The molecule has 2 aliphatic rings. The molecule has 2 fully saturated rings. The summed E-state index contributed by atoms with van der Waals surface area (Å²) >= 11 is 0. The van der Waals surface area contributed by atoms with Crippen LogP contribution in [0.1, 0.15) is 46.0 Å². The predicted octanol–water partition coefficient (Wildman–Crippen LogP) is 1.93. The van der Waals surface area contributed by atoms with Crippen LogP contribution in [0.3, 0.4) is 0 Å². The fraction of sp³-hybridized carbons (Fsp3) is 0.929. The molecule has 2 rings (SSSR count). The highest BCUT2D eigenvalue weighted by molar-refractivity contribution is 5.79. The number of carbonyl (C=O) groups is 1. The van der Waals surface area contributed by atoms with Gasteiger partial charge in [-0.3, -0.25) is 4.79 Å². The predicted molar refractivity (Wildman–Crippen MR) is 69.7 cm³/mol. The van der Waals surface area contributed by atoms with Gasteiger partial charge in [0.15, 0.2) is 0 Å². The van der Waals surface area contributed by atoms with Gasteiger partial charge in [0.25, 0.3) is 0 Å². The van der Waals surface area contributed by atoms with E-state index in [1.807, 2.05) is 0 Å². The van der Waals surface area contributed by atoms with Gasteiger partial charge >= 0.3 is 0 Å². The Kier molecular flexibility index (Phi) is 4.43. The minimum Gasteiger partial charge on any atom is -0.353 e. The highest BCUT2D eigenvalue weighted by Crippen LogP contribution is 2.26. The van der Waals surface area contributed by atoms with Gasteiger partial charge in [-0.15, -0.1) is 0 Å². The molecule has 1 saturated carbocycles. The fourth-order valence-corrected chi connectivity index (χ4v) is 2.99. The standard InChI is InChI=1S/C14H26N2O/c1-10(13-8-15-9-13)14(17)16-11(2)12-6-4-3-5-7-12/h10-13,15H,3-9H2,1-2H3,(H,16,17)/t10?,11-/m0/s1. The summed E-state index contributed by atoms with van der Waals surface area (Å²) < 4.78 is 0. The summed E-state index contributed by atoms with van der Waals surface area (Å²) in [5.74, 6) is 1.69. The van der Waals surface area contributed by atoms with Gasteiger partial charge in [-0.25, -0.2) is 0 Å². The molecule has 1 unspecified atom stereocenters. The summed E-state index contributed by atoms with van der Waals surface area (Å²) in [4.78, 5) is 12.1. The van der Waals surface area contributed by atoms with Crippen molar-refractivity contribution in [3.05, 3.63) is 0 Å². The molecule has 0 aromatic carbocycles. The second kappa shape index (κ2) is 5.85. The van der Waals surface area contributed by atoms with Crippen LogP contribution >= 0.6 is 0 Å². The van der Waals surface area contributed by atoms with Crippen LogP contribution in [-0.4, -0.2) is 25.0 Å². The third-order valence-electron chi connectivity index (χ3n) is 4.66. The molecular formula is C14H26N2O. The summed E-state index contributed by atoms with van der Waals surface area (Å²) in [6.07, 6.45) is 6.64. The Labute approximate surface area is 105 Å². The zero-order valence-electron chi connectivity index (χ0n) is 11.2. The molecule has 1 aliphatic heterocycles. The second-order valence-corrected chi connectivity index (χ2v) is 5.90. The van der Waals surface area contributed by atoms with E-state index in [0.29, 0.717) is 17.9 Å². The summed E-state index contributed by atoms with van der Waals surface area (Å²) in [6.45, 7) is 6.26. The maximum Gasteiger partial charge on any atom is 0.223 e. The number of amides is 1. The van der Waals surface area contributed by atoms with Crippen LogP contribution < -0.4 is 10.6 Å².